The number of nitrogens with zero attached hydrogens (tertiary/aromatic N) is 5. The molecule has 0 saturated carbocycles. The van der Waals surface area contributed by atoms with Gasteiger partial charge in [-0.25, -0.2) is 15.0 Å². The lowest BCUT2D eigenvalue weighted by molar-refractivity contribution is 0.555. The van der Waals surface area contributed by atoms with Crippen LogP contribution in [-0.4, -0.2) is 31.1 Å². The fourth-order valence-electron chi connectivity index (χ4n) is 1.98. The van der Waals surface area contributed by atoms with Crippen molar-refractivity contribution in [2.24, 2.45) is 5.73 Å². The van der Waals surface area contributed by atoms with E-state index in [9.17, 15) is 0 Å². The molecule has 0 amide bonds. The van der Waals surface area contributed by atoms with Gasteiger partial charge in [-0.05, 0) is 0 Å². The van der Waals surface area contributed by atoms with Crippen LogP contribution in [0.3, 0.4) is 0 Å². The minimum absolute atomic E-state index is 0.267. The second-order valence-corrected chi connectivity index (χ2v) is 4.52. The molecule has 0 atom stereocenters. The van der Waals surface area contributed by atoms with Gasteiger partial charge in [-0.2, -0.15) is 0 Å². The van der Waals surface area contributed by atoms with Crippen LogP contribution < -0.4 is 10.6 Å². The highest BCUT2D eigenvalue weighted by Crippen LogP contribution is 2.16. The fraction of sp³-hybridized carbons (Fsp3) is 0.273. The van der Waals surface area contributed by atoms with E-state index in [2.05, 4.69) is 24.4 Å². The van der Waals surface area contributed by atoms with Crippen molar-refractivity contribution in [3.05, 3.63) is 36.3 Å². The van der Waals surface area contributed by atoms with Gasteiger partial charge in [0, 0.05) is 25.5 Å². The van der Waals surface area contributed by atoms with E-state index in [0.29, 0.717) is 5.69 Å². The first kappa shape index (κ1) is 11.1. The molecule has 2 aromatic rings. The third kappa shape index (κ3) is 1.92. The summed E-state index contributed by atoms with van der Waals surface area (Å²) < 4.78 is 2.15. The SMILES string of the molecule is NC(=S)c1cnc(N2CCn3ccnc3C2)cn1. The van der Waals surface area contributed by atoms with E-state index < -0.39 is 0 Å². The molecule has 0 radical (unpaired) electrons. The highest BCUT2D eigenvalue weighted by molar-refractivity contribution is 7.80. The van der Waals surface area contributed by atoms with Gasteiger partial charge in [0.05, 0.1) is 18.9 Å². The van der Waals surface area contributed by atoms with Gasteiger partial charge >= 0.3 is 0 Å². The zero-order valence-corrected chi connectivity index (χ0v) is 10.5. The van der Waals surface area contributed by atoms with Gasteiger partial charge in [0.2, 0.25) is 0 Å². The summed E-state index contributed by atoms with van der Waals surface area (Å²) in [6.07, 6.45) is 7.13. The van der Waals surface area contributed by atoms with E-state index in [0.717, 1.165) is 31.3 Å². The maximum Gasteiger partial charge on any atom is 0.147 e. The Morgan fingerprint density at radius 1 is 1.22 bits per heavy atom. The van der Waals surface area contributed by atoms with E-state index >= 15 is 0 Å². The molecule has 0 unspecified atom stereocenters. The molecular formula is C11H12N6S. The molecule has 0 spiro atoms. The van der Waals surface area contributed by atoms with Gasteiger partial charge in [0.1, 0.15) is 22.3 Å². The molecular weight excluding hydrogens is 248 g/mol. The predicted molar refractivity (Wildman–Crippen MR) is 71.2 cm³/mol. The van der Waals surface area contributed by atoms with Gasteiger partial charge in [-0.15, -0.1) is 0 Å². The molecule has 1 aliphatic rings. The lowest BCUT2D eigenvalue weighted by atomic mass is 10.3. The van der Waals surface area contributed by atoms with E-state index in [1.165, 1.54) is 0 Å². The Hall–Kier alpha value is -2.02. The van der Waals surface area contributed by atoms with Crippen molar-refractivity contribution < 1.29 is 0 Å². The molecule has 0 aromatic carbocycles. The Labute approximate surface area is 109 Å². The first-order valence-corrected chi connectivity index (χ1v) is 6.01. The second-order valence-electron chi connectivity index (χ2n) is 4.08. The van der Waals surface area contributed by atoms with Crippen LogP contribution in [0.2, 0.25) is 0 Å². The van der Waals surface area contributed by atoms with Crippen molar-refractivity contribution >= 4 is 23.0 Å². The molecule has 0 bridgehead atoms. The molecule has 3 rings (SSSR count). The molecule has 1 aliphatic heterocycles. The van der Waals surface area contributed by atoms with Crippen LogP contribution >= 0.6 is 12.2 Å². The topological polar surface area (TPSA) is 72.9 Å². The van der Waals surface area contributed by atoms with Crippen LogP contribution in [0.5, 0.6) is 0 Å². The molecule has 2 aromatic heterocycles. The van der Waals surface area contributed by atoms with Crippen molar-refractivity contribution in [2.75, 3.05) is 11.4 Å². The predicted octanol–water partition coefficient (Wildman–Crippen LogP) is 0.327. The zero-order chi connectivity index (χ0) is 12.5. The number of hydrogen-bond acceptors (Lipinski definition) is 5. The summed E-state index contributed by atoms with van der Waals surface area (Å²) in [6, 6.07) is 0. The third-order valence-electron chi connectivity index (χ3n) is 2.96. The Morgan fingerprint density at radius 2 is 2.11 bits per heavy atom. The zero-order valence-electron chi connectivity index (χ0n) is 9.65. The lowest BCUT2D eigenvalue weighted by Gasteiger charge is -2.28. The minimum Gasteiger partial charge on any atom is -0.388 e. The first-order valence-electron chi connectivity index (χ1n) is 5.61. The van der Waals surface area contributed by atoms with Crippen LogP contribution in [0.1, 0.15) is 11.5 Å². The Bertz CT molecular complexity index is 575. The van der Waals surface area contributed by atoms with Crippen LogP contribution in [0.25, 0.3) is 0 Å². The monoisotopic (exact) mass is 260 g/mol. The first-order chi connectivity index (χ1) is 8.74. The molecule has 3 heterocycles. The van der Waals surface area contributed by atoms with Crippen molar-refractivity contribution in [1.29, 1.82) is 0 Å². The van der Waals surface area contributed by atoms with E-state index in [1.807, 2.05) is 12.4 Å². The number of hydrogen-bond donors (Lipinski definition) is 1. The summed E-state index contributed by atoms with van der Waals surface area (Å²) in [7, 11) is 0. The average Bonchev–Trinajstić information content (AvgIpc) is 2.86. The summed E-state index contributed by atoms with van der Waals surface area (Å²) in [5, 5.41) is 0. The summed E-state index contributed by atoms with van der Waals surface area (Å²) in [4.78, 5) is 15.3. The molecule has 0 saturated heterocycles. The fourth-order valence-corrected chi connectivity index (χ4v) is 2.09. The number of thiocarbonyl (C=S) groups is 1. The number of rotatable bonds is 2. The van der Waals surface area contributed by atoms with Crippen molar-refractivity contribution in [1.82, 2.24) is 19.5 Å². The quantitative estimate of drug-likeness (QED) is 0.784. The van der Waals surface area contributed by atoms with Crippen LogP contribution in [0.4, 0.5) is 5.82 Å². The van der Waals surface area contributed by atoms with Gasteiger partial charge in [0.25, 0.3) is 0 Å². The average molecular weight is 260 g/mol. The lowest BCUT2D eigenvalue weighted by Crippen LogP contribution is -2.34. The van der Waals surface area contributed by atoms with Crippen molar-refractivity contribution in [3.8, 4) is 0 Å². The van der Waals surface area contributed by atoms with Gasteiger partial charge < -0.3 is 15.2 Å². The Kier molecular flexibility index (Phi) is 2.67. The highest BCUT2D eigenvalue weighted by atomic mass is 32.1. The largest absolute Gasteiger partial charge is 0.388 e. The normalized spacial score (nSPS) is 14.3. The molecule has 0 fully saturated rings. The number of aromatic nitrogens is 4. The van der Waals surface area contributed by atoms with Gasteiger partial charge in [-0.3, -0.25) is 0 Å². The number of nitrogens with two attached hydrogens (primary N) is 1. The third-order valence-corrected chi connectivity index (χ3v) is 3.17. The van der Waals surface area contributed by atoms with E-state index in [1.54, 1.807) is 12.4 Å². The van der Waals surface area contributed by atoms with E-state index in [4.69, 9.17) is 18.0 Å². The molecule has 92 valence electrons. The van der Waals surface area contributed by atoms with Crippen molar-refractivity contribution in [2.45, 2.75) is 13.1 Å². The molecule has 6 nitrogen and oxygen atoms in total. The van der Waals surface area contributed by atoms with E-state index in [-0.39, 0.29) is 4.99 Å². The summed E-state index contributed by atoms with van der Waals surface area (Å²) in [5.41, 5.74) is 6.04. The second kappa shape index (κ2) is 4.34. The van der Waals surface area contributed by atoms with Gasteiger partial charge in [-0.1, -0.05) is 12.2 Å². The van der Waals surface area contributed by atoms with Crippen molar-refractivity contribution in [3.63, 3.8) is 0 Å². The Morgan fingerprint density at radius 3 is 2.83 bits per heavy atom. The van der Waals surface area contributed by atoms with Crippen LogP contribution in [0.15, 0.2) is 24.8 Å². The summed E-state index contributed by atoms with van der Waals surface area (Å²) in [6.45, 7) is 2.55. The maximum absolute atomic E-state index is 5.49. The molecule has 18 heavy (non-hydrogen) atoms. The molecule has 2 N–H and O–H groups in total. The standard InChI is InChI=1S/C11H12N6S/c12-11(18)8-5-15-9(6-14-8)17-4-3-16-2-1-13-10(16)7-17/h1-2,5-6H,3-4,7H2,(H2,12,18). The summed E-state index contributed by atoms with van der Waals surface area (Å²) >= 11 is 4.85. The smallest absolute Gasteiger partial charge is 0.147 e. The molecule has 0 aliphatic carbocycles. The number of imidazole rings is 1. The van der Waals surface area contributed by atoms with Crippen LogP contribution in [0, 0.1) is 0 Å². The highest BCUT2D eigenvalue weighted by Gasteiger charge is 2.17. The number of anilines is 1. The number of fused-ring (bicyclic) bond motifs is 1. The molecule has 7 heteroatoms. The maximum atomic E-state index is 5.49. The van der Waals surface area contributed by atoms with Gasteiger partial charge in [0.15, 0.2) is 0 Å². The Balaban J connectivity index is 1.82. The minimum atomic E-state index is 0.267. The summed E-state index contributed by atoms with van der Waals surface area (Å²) in [5.74, 6) is 1.87. The van der Waals surface area contributed by atoms with Crippen LogP contribution in [-0.2, 0) is 13.1 Å².